The molecule has 224 valence electrons. The standard InChI is InChI=1S/C29H33N3O8S2/c1-3-30-29(37)32(22-12-14-31(15-13-22)42(38,39)18-20-8-5-4-6-9-20)23-11-7-10-21(16-23)26-19(2)25(40-17-24(33)34)27(41-26)28(35)36/h4-11,16,22H,3,12-15,17-18H2,1-2H3,(H,30,37)(H,33,34)(H,35,36). The fraction of sp³-hybridized carbons (Fsp3) is 0.345. The second-order valence-electron chi connectivity index (χ2n) is 9.83. The van der Waals surface area contributed by atoms with Gasteiger partial charge in [-0.2, -0.15) is 0 Å². The summed E-state index contributed by atoms with van der Waals surface area (Å²) in [5, 5.41) is 21.6. The van der Waals surface area contributed by atoms with Gasteiger partial charge in [-0.25, -0.2) is 27.1 Å². The minimum Gasteiger partial charge on any atom is -0.480 e. The molecule has 2 aromatic carbocycles. The molecule has 42 heavy (non-hydrogen) atoms. The number of benzene rings is 2. The summed E-state index contributed by atoms with van der Waals surface area (Å²) in [5.74, 6) is -2.54. The number of carbonyl (C=O) groups excluding carboxylic acids is 1. The zero-order valence-electron chi connectivity index (χ0n) is 23.3. The van der Waals surface area contributed by atoms with Gasteiger partial charge < -0.3 is 20.3 Å². The minimum atomic E-state index is -3.53. The first-order chi connectivity index (χ1) is 20.0. The topological polar surface area (TPSA) is 154 Å². The number of ether oxygens (including phenoxy) is 1. The SMILES string of the molecule is CCNC(=O)N(c1cccc(-c2sc(C(=O)O)c(OCC(=O)O)c2C)c1)C1CCN(S(=O)(=O)Cc2ccccc2)CC1. The highest BCUT2D eigenvalue weighted by molar-refractivity contribution is 7.88. The number of thiophene rings is 1. The highest BCUT2D eigenvalue weighted by Crippen LogP contribution is 2.42. The van der Waals surface area contributed by atoms with E-state index < -0.39 is 28.6 Å². The van der Waals surface area contributed by atoms with E-state index >= 15 is 0 Å². The number of piperidine rings is 1. The number of nitrogens with zero attached hydrogens (tertiary/aromatic N) is 2. The van der Waals surface area contributed by atoms with Crippen molar-refractivity contribution in [3.8, 4) is 16.2 Å². The Morgan fingerprint density at radius 1 is 1.07 bits per heavy atom. The fourth-order valence-corrected chi connectivity index (χ4v) is 7.65. The minimum absolute atomic E-state index is 0.0000286. The van der Waals surface area contributed by atoms with E-state index in [1.54, 1.807) is 60.4 Å². The summed E-state index contributed by atoms with van der Waals surface area (Å²) in [7, 11) is -3.53. The normalized spacial score (nSPS) is 14.3. The van der Waals surface area contributed by atoms with Crippen LogP contribution < -0.4 is 15.0 Å². The number of carboxylic acids is 2. The Balaban J connectivity index is 1.59. The molecular weight excluding hydrogens is 582 g/mol. The molecule has 2 heterocycles. The van der Waals surface area contributed by atoms with Gasteiger partial charge in [0.05, 0.1) is 5.75 Å². The lowest BCUT2D eigenvalue weighted by molar-refractivity contribution is -0.139. The molecule has 0 spiro atoms. The van der Waals surface area contributed by atoms with Crippen molar-refractivity contribution >= 4 is 45.0 Å². The first-order valence-electron chi connectivity index (χ1n) is 13.4. The predicted molar refractivity (Wildman–Crippen MR) is 160 cm³/mol. The van der Waals surface area contributed by atoms with E-state index in [0.29, 0.717) is 46.6 Å². The van der Waals surface area contributed by atoms with E-state index in [4.69, 9.17) is 9.84 Å². The number of hydrogen-bond acceptors (Lipinski definition) is 7. The second kappa shape index (κ2) is 13.4. The Bertz CT molecular complexity index is 1550. The Labute approximate surface area is 248 Å². The fourth-order valence-electron chi connectivity index (χ4n) is 5.00. The molecule has 0 atom stereocenters. The van der Waals surface area contributed by atoms with Gasteiger partial charge in [-0.05, 0) is 49.9 Å². The number of nitrogens with one attached hydrogen (secondary N) is 1. The molecule has 0 radical (unpaired) electrons. The van der Waals surface area contributed by atoms with Crippen LogP contribution in [-0.4, -0.2) is 73.2 Å². The number of hydrogen-bond donors (Lipinski definition) is 3. The molecule has 0 bridgehead atoms. The summed E-state index contributed by atoms with van der Waals surface area (Å²) in [6, 6.07) is 15.5. The number of rotatable bonds is 11. The van der Waals surface area contributed by atoms with Crippen molar-refractivity contribution in [2.45, 2.75) is 38.5 Å². The van der Waals surface area contributed by atoms with Crippen LogP contribution in [0.3, 0.4) is 0 Å². The van der Waals surface area contributed by atoms with Gasteiger partial charge in [0.1, 0.15) is 5.75 Å². The number of aliphatic carboxylic acids is 1. The van der Waals surface area contributed by atoms with Gasteiger partial charge in [-0.15, -0.1) is 11.3 Å². The molecule has 2 amide bonds. The van der Waals surface area contributed by atoms with Crippen LogP contribution in [0.25, 0.3) is 10.4 Å². The summed E-state index contributed by atoms with van der Waals surface area (Å²) in [4.78, 5) is 38.3. The smallest absolute Gasteiger partial charge is 0.349 e. The molecule has 1 aromatic heterocycles. The number of amides is 2. The maximum Gasteiger partial charge on any atom is 0.349 e. The summed E-state index contributed by atoms with van der Waals surface area (Å²) in [6.07, 6.45) is 0.869. The van der Waals surface area contributed by atoms with E-state index in [2.05, 4.69) is 5.32 Å². The van der Waals surface area contributed by atoms with Crippen LogP contribution in [0.2, 0.25) is 0 Å². The highest BCUT2D eigenvalue weighted by Gasteiger charge is 2.34. The third-order valence-electron chi connectivity index (χ3n) is 6.93. The Hall–Kier alpha value is -3.94. The molecule has 1 saturated heterocycles. The molecule has 11 nitrogen and oxygen atoms in total. The van der Waals surface area contributed by atoms with Gasteiger partial charge in [0.15, 0.2) is 11.5 Å². The van der Waals surface area contributed by atoms with E-state index in [-0.39, 0.29) is 41.5 Å². The first kappa shape index (κ1) is 31.0. The van der Waals surface area contributed by atoms with Gasteiger partial charge in [-0.3, -0.25) is 4.90 Å². The lowest BCUT2D eigenvalue weighted by Gasteiger charge is -2.38. The number of carbonyl (C=O) groups is 3. The quantitative estimate of drug-likeness (QED) is 0.287. The Kier molecular flexibility index (Phi) is 9.86. The van der Waals surface area contributed by atoms with Crippen molar-refractivity contribution in [1.82, 2.24) is 9.62 Å². The zero-order valence-corrected chi connectivity index (χ0v) is 24.9. The number of anilines is 1. The molecule has 1 aliphatic heterocycles. The Morgan fingerprint density at radius 2 is 1.76 bits per heavy atom. The first-order valence-corrected chi connectivity index (χ1v) is 15.8. The molecule has 13 heteroatoms. The summed E-state index contributed by atoms with van der Waals surface area (Å²) in [5.41, 5.74) is 2.41. The van der Waals surface area contributed by atoms with Gasteiger partial charge in [0.25, 0.3) is 0 Å². The van der Waals surface area contributed by atoms with Crippen molar-refractivity contribution in [3.05, 3.63) is 70.6 Å². The molecule has 0 aliphatic carbocycles. The van der Waals surface area contributed by atoms with Crippen LogP contribution >= 0.6 is 11.3 Å². The molecular formula is C29H33N3O8S2. The lowest BCUT2D eigenvalue weighted by Crippen LogP contribution is -2.52. The van der Waals surface area contributed by atoms with Crippen molar-refractivity contribution in [3.63, 3.8) is 0 Å². The van der Waals surface area contributed by atoms with E-state index in [1.165, 1.54) is 4.31 Å². The molecule has 3 aromatic rings. The largest absolute Gasteiger partial charge is 0.480 e. The van der Waals surface area contributed by atoms with Crippen molar-refractivity contribution < 1.29 is 37.8 Å². The molecule has 0 saturated carbocycles. The molecule has 3 N–H and O–H groups in total. The van der Waals surface area contributed by atoms with Gasteiger partial charge in [0, 0.05) is 41.8 Å². The van der Waals surface area contributed by atoms with Crippen LogP contribution in [0.15, 0.2) is 54.6 Å². The third kappa shape index (κ3) is 7.09. The average Bonchev–Trinajstić information content (AvgIpc) is 3.29. The van der Waals surface area contributed by atoms with E-state index in [0.717, 1.165) is 11.3 Å². The van der Waals surface area contributed by atoms with Crippen molar-refractivity contribution in [1.29, 1.82) is 0 Å². The van der Waals surface area contributed by atoms with Crippen molar-refractivity contribution in [2.24, 2.45) is 0 Å². The van der Waals surface area contributed by atoms with Crippen LogP contribution in [0, 0.1) is 6.92 Å². The summed E-state index contributed by atoms with van der Waals surface area (Å²) < 4.78 is 33.0. The van der Waals surface area contributed by atoms with Gasteiger partial charge in [0.2, 0.25) is 10.0 Å². The maximum absolute atomic E-state index is 13.3. The van der Waals surface area contributed by atoms with Crippen LogP contribution in [0.1, 0.15) is 40.6 Å². The highest BCUT2D eigenvalue weighted by atomic mass is 32.2. The molecule has 0 unspecified atom stereocenters. The average molecular weight is 616 g/mol. The van der Waals surface area contributed by atoms with E-state index in [9.17, 15) is 27.9 Å². The van der Waals surface area contributed by atoms with E-state index in [1.807, 2.05) is 13.0 Å². The second-order valence-corrected chi connectivity index (χ2v) is 12.8. The zero-order chi connectivity index (χ0) is 30.4. The molecule has 4 rings (SSSR count). The monoisotopic (exact) mass is 615 g/mol. The van der Waals surface area contributed by atoms with Crippen LogP contribution in [0.4, 0.5) is 10.5 Å². The number of urea groups is 1. The third-order valence-corrected chi connectivity index (χ3v) is 10.1. The predicted octanol–water partition coefficient (Wildman–Crippen LogP) is 4.42. The van der Waals surface area contributed by atoms with Gasteiger partial charge in [-0.1, -0.05) is 42.5 Å². The lowest BCUT2D eigenvalue weighted by atomic mass is 10.0. The summed E-state index contributed by atoms with van der Waals surface area (Å²) in [6.45, 7) is 3.73. The summed E-state index contributed by atoms with van der Waals surface area (Å²) >= 11 is 0.967. The Morgan fingerprint density at radius 3 is 2.38 bits per heavy atom. The van der Waals surface area contributed by atoms with Crippen LogP contribution in [-0.2, 0) is 20.6 Å². The number of carboxylic acid groups (broad SMARTS) is 2. The number of aromatic carboxylic acids is 1. The van der Waals surface area contributed by atoms with Gasteiger partial charge >= 0.3 is 18.0 Å². The van der Waals surface area contributed by atoms with Crippen LogP contribution in [0.5, 0.6) is 5.75 Å². The maximum atomic E-state index is 13.3. The molecule has 1 fully saturated rings. The molecule has 1 aliphatic rings. The number of sulfonamides is 1. The van der Waals surface area contributed by atoms with Crippen molar-refractivity contribution in [2.75, 3.05) is 31.1 Å².